The molecule has 0 aromatic heterocycles. The molecule has 0 saturated heterocycles. The average molecular weight is 422 g/mol. The number of hydrogen-bond acceptors (Lipinski definition) is 4. The lowest BCUT2D eigenvalue weighted by molar-refractivity contribution is -0.513. The van der Waals surface area contributed by atoms with E-state index in [9.17, 15) is 61.9 Å². The van der Waals surface area contributed by atoms with Crippen LogP contribution in [-0.4, -0.2) is 43.2 Å². The second-order valence-corrected chi connectivity index (χ2v) is 3.93. The van der Waals surface area contributed by atoms with Crippen molar-refractivity contribution in [2.45, 2.75) is 30.2 Å². The highest BCUT2D eigenvalue weighted by atomic mass is 19.4. The molecule has 0 bridgehead atoms. The lowest BCUT2D eigenvalue weighted by Crippen LogP contribution is -2.64. The number of methoxy groups -OCH3 is 1. The quantitative estimate of drug-likeness (QED) is 0.349. The molecule has 0 aliphatic carbocycles. The molecule has 0 aromatic carbocycles. The van der Waals surface area contributed by atoms with Crippen LogP contribution in [0.5, 0.6) is 0 Å². The predicted octanol–water partition coefficient (Wildman–Crippen LogP) is 4.28. The Kier molecular flexibility index (Phi) is 6.47. The van der Waals surface area contributed by atoms with Gasteiger partial charge in [-0.2, -0.15) is 57.1 Å². The number of ether oxygens (including phenoxy) is 3. The van der Waals surface area contributed by atoms with E-state index in [-0.39, 0.29) is 7.11 Å². The SMILES string of the molecule is COC(=O)C(F)(F)C(F)(F)OC(F)(C(F)(F)F)C(F)(F)OC(F)=C(F)F. The zero-order valence-electron chi connectivity index (χ0n) is 11.5. The molecule has 0 N–H and O–H groups in total. The first kappa shape index (κ1) is 24.1. The summed E-state index contributed by atoms with van der Waals surface area (Å²) < 4.78 is 171. The number of rotatable bonds is 7. The van der Waals surface area contributed by atoms with E-state index in [1.165, 1.54) is 0 Å². The minimum absolute atomic E-state index is 0.000685. The van der Waals surface area contributed by atoms with Crippen LogP contribution in [-0.2, 0) is 19.0 Å². The summed E-state index contributed by atoms with van der Waals surface area (Å²) in [7, 11) is 0.000685. The summed E-state index contributed by atoms with van der Waals surface area (Å²) in [5, 5.41) is 0. The molecule has 0 saturated carbocycles. The van der Waals surface area contributed by atoms with Crippen LogP contribution in [0.4, 0.5) is 57.1 Å². The van der Waals surface area contributed by atoms with Crippen LogP contribution in [0.1, 0.15) is 0 Å². The molecule has 17 heteroatoms. The largest absolute Gasteiger partial charge is 0.471 e. The summed E-state index contributed by atoms with van der Waals surface area (Å²) in [5.74, 6) is -17.1. The van der Waals surface area contributed by atoms with E-state index in [0.717, 1.165) is 0 Å². The summed E-state index contributed by atoms with van der Waals surface area (Å²) in [6.07, 6.45) is -25.4. The molecule has 0 rings (SSSR count). The van der Waals surface area contributed by atoms with Crippen molar-refractivity contribution in [3.63, 3.8) is 0 Å². The van der Waals surface area contributed by atoms with Gasteiger partial charge in [0, 0.05) is 0 Å². The van der Waals surface area contributed by atoms with Crippen molar-refractivity contribution in [2.75, 3.05) is 7.11 Å². The molecule has 1 atom stereocenters. The topological polar surface area (TPSA) is 44.8 Å². The van der Waals surface area contributed by atoms with Gasteiger partial charge in [-0.05, 0) is 0 Å². The zero-order valence-corrected chi connectivity index (χ0v) is 11.5. The smallest absolute Gasteiger partial charge is 0.464 e. The van der Waals surface area contributed by atoms with Gasteiger partial charge >= 0.3 is 48.2 Å². The van der Waals surface area contributed by atoms with Crippen molar-refractivity contribution < 1.29 is 76.1 Å². The van der Waals surface area contributed by atoms with Crippen LogP contribution in [0.3, 0.4) is 0 Å². The second-order valence-electron chi connectivity index (χ2n) is 3.93. The van der Waals surface area contributed by atoms with Gasteiger partial charge in [-0.3, -0.25) is 4.74 Å². The minimum Gasteiger partial charge on any atom is -0.464 e. The third kappa shape index (κ3) is 4.24. The Morgan fingerprint density at radius 1 is 0.769 bits per heavy atom. The monoisotopic (exact) mass is 422 g/mol. The molecule has 0 fully saturated rings. The number of carbonyl (C=O) groups excluding carboxylic acids is 1. The fourth-order valence-electron chi connectivity index (χ4n) is 0.987. The Morgan fingerprint density at radius 3 is 1.50 bits per heavy atom. The summed E-state index contributed by atoms with van der Waals surface area (Å²) in [6.45, 7) is 0. The third-order valence-corrected chi connectivity index (χ3v) is 2.18. The summed E-state index contributed by atoms with van der Waals surface area (Å²) in [6, 6.07) is -3.87. The number of hydrogen-bond donors (Lipinski definition) is 0. The fourth-order valence-corrected chi connectivity index (χ4v) is 0.987. The second kappa shape index (κ2) is 6.99. The number of carbonyl (C=O) groups is 1. The number of halogens is 13. The van der Waals surface area contributed by atoms with E-state index in [2.05, 4.69) is 4.74 Å². The Labute approximate surface area is 133 Å². The van der Waals surface area contributed by atoms with Crippen LogP contribution >= 0.6 is 0 Å². The van der Waals surface area contributed by atoms with Gasteiger partial charge in [0.15, 0.2) is 0 Å². The van der Waals surface area contributed by atoms with Crippen molar-refractivity contribution in [1.29, 1.82) is 0 Å². The molecule has 4 nitrogen and oxygen atoms in total. The molecule has 1 unspecified atom stereocenters. The van der Waals surface area contributed by atoms with Crippen LogP contribution in [0, 0.1) is 0 Å². The zero-order chi connectivity index (χ0) is 21.4. The molecule has 0 aliphatic heterocycles. The number of esters is 1. The Balaban J connectivity index is 6.22. The predicted molar refractivity (Wildman–Crippen MR) is 49.3 cm³/mol. The van der Waals surface area contributed by atoms with E-state index < -0.39 is 48.2 Å². The molecule has 154 valence electrons. The first-order valence-corrected chi connectivity index (χ1v) is 5.34. The van der Waals surface area contributed by atoms with Crippen LogP contribution in [0.2, 0.25) is 0 Å². The molecule has 26 heavy (non-hydrogen) atoms. The fraction of sp³-hybridized carbons (Fsp3) is 0.667. The molecule has 0 amide bonds. The third-order valence-electron chi connectivity index (χ3n) is 2.18. The number of alkyl halides is 10. The summed E-state index contributed by atoms with van der Waals surface area (Å²) in [4.78, 5) is 10.4. The average Bonchev–Trinajstić information content (AvgIpc) is 2.43. The van der Waals surface area contributed by atoms with Gasteiger partial charge in [0.05, 0.1) is 7.11 Å². The lowest BCUT2D eigenvalue weighted by Gasteiger charge is -2.36. The first-order valence-electron chi connectivity index (χ1n) is 5.34. The van der Waals surface area contributed by atoms with Crippen molar-refractivity contribution in [3.05, 3.63) is 12.1 Å². The van der Waals surface area contributed by atoms with Crippen molar-refractivity contribution in [2.24, 2.45) is 0 Å². The highest BCUT2D eigenvalue weighted by molar-refractivity contribution is 5.78. The Hall–Kier alpha value is -1.94. The minimum atomic E-state index is -7.39. The Bertz CT molecular complexity index is 564. The maximum absolute atomic E-state index is 13.5. The van der Waals surface area contributed by atoms with E-state index in [1.807, 2.05) is 4.74 Å². The van der Waals surface area contributed by atoms with Gasteiger partial charge in [0.2, 0.25) is 0 Å². The van der Waals surface area contributed by atoms with Gasteiger partial charge < -0.3 is 9.47 Å². The molecule has 0 heterocycles. The summed E-state index contributed by atoms with van der Waals surface area (Å²) >= 11 is 0. The van der Waals surface area contributed by atoms with Crippen LogP contribution < -0.4 is 0 Å². The lowest BCUT2D eigenvalue weighted by atomic mass is 10.2. The summed E-state index contributed by atoms with van der Waals surface area (Å²) in [5.41, 5.74) is 0. The van der Waals surface area contributed by atoms with Crippen LogP contribution in [0.25, 0.3) is 0 Å². The van der Waals surface area contributed by atoms with E-state index >= 15 is 0 Å². The normalized spacial score (nSPS) is 15.9. The molecular weight excluding hydrogens is 419 g/mol. The first-order chi connectivity index (χ1) is 11.3. The van der Waals surface area contributed by atoms with Gasteiger partial charge in [-0.1, -0.05) is 0 Å². The van der Waals surface area contributed by atoms with Crippen molar-refractivity contribution >= 4 is 5.97 Å². The van der Waals surface area contributed by atoms with Gasteiger partial charge in [-0.25, -0.2) is 4.79 Å². The van der Waals surface area contributed by atoms with E-state index in [0.29, 0.717) is 0 Å². The van der Waals surface area contributed by atoms with E-state index in [1.54, 1.807) is 4.74 Å². The molecule has 0 aliphatic rings. The van der Waals surface area contributed by atoms with Crippen LogP contribution in [0.15, 0.2) is 12.1 Å². The molecule has 0 aromatic rings. The van der Waals surface area contributed by atoms with Crippen molar-refractivity contribution in [3.8, 4) is 0 Å². The van der Waals surface area contributed by atoms with Gasteiger partial charge in [0.1, 0.15) is 0 Å². The van der Waals surface area contributed by atoms with E-state index in [4.69, 9.17) is 0 Å². The highest BCUT2D eigenvalue weighted by Crippen LogP contribution is 2.52. The molecule has 0 spiro atoms. The van der Waals surface area contributed by atoms with Gasteiger partial charge in [-0.15, -0.1) is 0 Å². The maximum atomic E-state index is 13.5. The molecular formula is C9H3F13O4. The Morgan fingerprint density at radius 2 is 1.19 bits per heavy atom. The highest BCUT2D eigenvalue weighted by Gasteiger charge is 2.82. The standard InChI is InChI=1S/C9H3F13O4/c1-24-4(23)5(13,14)8(19,20)26-6(15,7(16,17)18)9(21,22)25-3(12)2(10)11/h1H3. The van der Waals surface area contributed by atoms with Crippen molar-refractivity contribution in [1.82, 2.24) is 0 Å². The maximum Gasteiger partial charge on any atom is 0.471 e. The molecule has 0 radical (unpaired) electrons. The van der Waals surface area contributed by atoms with Gasteiger partial charge in [0.25, 0.3) is 0 Å².